The van der Waals surface area contributed by atoms with Crippen LogP contribution in [0.15, 0.2) is 54.6 Å². The number of rotatable bonds is 6. The first-order chi connectivity index (χ1) is 12.6. The van der Waals surface area contributed by atoms with Gasteiger partial charge < -0.3 is 9.47 Å². The first kappa shape index (κ1) is 18.5. The highest BCUT2D eigenvalue weighted by Crippen LogP contribution is 2.31. The van der Waals surface area contributed by atoms with Gasteiger partial charge in [0.2, 0.25) is 0 Å². The number of likely N-dealkylation sites (tertiary alicyclic amines) is 1. The van der Waals surface area contributed by atoms with E-state index < -0.39 is 0 Å². The highest BCUT2D eigenvalue weighted by Gasteiger charge is 2.41. The Balaban J connectivity index is 1.80. The highest BCUT2D eigenvalue weighted by molar-refractivity contribution is 5.66. The number of benzene rings is 2. The van der Waals surface area contributed by atoms with E-state index in [0.717, 1.165) is 25.3 Å². The van der Waals surface area contributed by atoms with Gasteiger partial charge in [0.25, 0.3) is 0 Å². The molecule has 0 aromatic heterocycles. The van der Waals surface area contributed by atoms with E-state index in [9.17, 15) is 4.79 Å². The third kappa shape index (κ3) is 4.44. The van der Waals surface area contributed by atoms with Crippen molar-refractivity contribution < 1.29 is 14.3 Å². The minimum absolute atomic E-state index is 0.0849. The smallest absolute Gasteiger partial charge is 0.302 e. The fourth-order valence-corrected chi connectivity index (χ4v) is 3.83. The van der Waals surface area contributed by atoms with Crippen LogP contribution in [0.2, 0.25) is 0 Å². The fraction of sp³-hybridized carbons (Fsp3) is 0.409. The summed E-state index contributed by atoms with van der Waals surface area (Å²) in [4.78, 5) is 14.1. The SMILES string of the molecule is COc1ccc(C[C@@H]2[C@H](OC(C)=O)[C@@H](C)CN2Cc2ccccc2)cc1. The number of methoxy groups -OCH3 is 1. The van der Waals surface area contributed by atoms with Crippen molar-refractivity contribution in [1.29, 1.82) is 0 Å². The average Bonchev–Trinajstić information content (AvgIpc) is 2.91. The second kappa shape index (κ2) is 8.37. The van der Waals surface area contributed by atoms with E-state index in [4.69, 9.17) is 9.47 Å². The van der Waals surface area contributed by atoms with Gasteiger partial charge >= 0.3 is 5.97 Å². The summed E-state index contributed by atoms with van der Waals surface area (Å²) in [6, 6.07) is 18.8. The van der Waals surface area contributed by atoms with Crippen LogP contribution in [0.4, 0.5) is 0 Å². The molecule has 4 nitrogen and oxygen atoms in total. The van der Waals surface area contributed by atoms with Gasteiger partial charge in [-0.05, 0) is 29.7 Å². The zero-order chi connectivity index (χ0) is 18.5. The Hall–Kier alpha value is -2.33. The lowest BCUT2D eigenvalue weighted by Crippen LogP contribution is -2.39. The molecule has 3 rings (SSSR count). The molecule has 0 N–H and O–H groups in total. The predicted octanol–water partition coefficient (Wildman–Crippen LogP) is 3.69. The summed E-state index contributed by atoms with van der Waals surface area (Å²) in [7, 11) is 1.67. The van der Waals surface area contributed by atoms with Gasteiger partial charge in [-0.15, -0.1) is 0 Å². The van der Waals surface area contributed by atoms with Crippen molar-refractivity contribution in [2.75, 3.05) is 13.7 Å². The van der Waals surface area contributed by atoms with Gasteiger partial charge in [0.05, 0.1) is 13.2 Å². The van der Waals surface area contributed by atoms with Crippen molar-refractivity contribution in [3.63, 3.8) is 0 Å². The summed E-state index contributed by atoms with van der Waals surface area (Å²) in [6.45, 7) is 5.45. The van der Waals surface area contributed by atoms with Gasteiger partial charge in [0.1, 0.15) is 11.9 Å². The van der Waals surface area contributed by atoms with Crippen LogP contribution >= 0.6 is 0 Å². The number of carbonyl (C=O) groups excluding carboxylic acids is 1. The van der Waals surface area contributed by atoms with Gasteiger partial charge in [-0.3, -0.25) is 9.69 Å². The van der Waals surface area contributed by atoms with Gasteiger partial charge in [0, 0.05) is 25.9 Å². The first-order valence-corrected chi connectivity index (χ1v) is 9.15. The average molecular weight is 353 g/mol. The molecule has 26 heavy (non-hydrogen) atoms. The third-order valence-corrected chi connectivity index (χ3v) is 5.07. The molecule has 1 aliphatic rings. The maximum Gasteiger partial charge on any atom is 0.302 e. The van der Waals surface area contributed by atoms with Crippen LogP contribution in [0.25, 0.3) is 0 Å². The number of esters is 1. The van der Waals surface area contributed by atoms with Crippen molar-refractivity contribution >= 4 is 5.97 Å². The Kier molecular flexibility index (Phi) is 5.94. The molecule has 0 spiro atoms. The van der Waals surface area contributed by atoms with Crippen LogP contribution in [-0.4, -0.2) is 36.7 Å². The maximum absolute atomic E-state index is 11.6. The lowest BCUT2D eigenvalue weighted by molar-refractivity contribution is -0.149. The molecule has 2 aromatic carbocycles. The minimum Gasteiger partial charge on any atom is -0.497 e. The summed E-state index contributed by atoms with van der Waals surface area (Å²) < 4.78 is 11.0. The van der Waals surface area contributed by atoms with Crippen LogP contribution in [0.1, 0.15) is 25.0 Å². The van der Waals surface area contributed by atoms with E-state index in [1.807, 2.05) is 18.2 Å². The number of nitrogens with zero attached hydrogens (tertiary/aromatic N) is 1. The van der Waals surface area contributed by atoms with E-state index in [-0.39, 0.29) is 18.1 Å². The molecular formula is C22H27NO3. The summed E-state index contributed by atoms with van der Waals surface area (Å²) in [5, 5.41) is 0. The molecule has 1 saturated heterocycles. The fourth-order valence-electron chi connectivity index (χ4n) is 3.83. The zero-order valence-electron chi connectivity index (χ0n) is 15.7. The lowest BCUT2D eigenvalue weighted by atomic mass is 9.97. The van der Waals surface area contributed by atoms with Crippen molar-refractivity contribution in [2.24, 2.45) is 5.92 Å². The van der Waals surface area contributed by atoms with Crippen LogP contribution < -0.4 is 4.74 Å². The monoisotopic (exact) mass is 353 g/mol. The van der Waals surface area contributed by atoms with E-state index in [1.165, 1.54) is 18.1 Å². The molecule has 1 heterocycles. The Morgan fingerprint density at radius 1 is 1.08 bits per heavy atom. The standard InChI is InChI=1S/C22H27NO3/c1-16-14-23(15-19-7-5-4-6-8-19)21(22(16)26-17(2)24)13-18-9-11-20(25-3)12-10-18/h4-12,16,21-22H,13-15H2,1-3H3/t16-,21+,22+/m0/s1. The quantitative estimate of drug-likeness (QED) is 0.743. The van der Waals surface area contributed by atoms with E-state index in [0.29, 0.717) is 5.92 Å². The zero-order valence-corrected chi connectivity index (χ0v) is 15.7. The molecule has 2 aromatic rings. The number of carbonyl (C=O) groups is 1. The second-order valence-corrected chi connectivity index (χ2v) is 7.09. The molecular weight excluding hydrogens is 326 g/mol. The Morgan fingerprint density at radius 2 is 1.77 bits per heavy atom. The van der Waals surface area contributed by atoms with Gasteiger partial charge in [0.15, 0.2) is 0 Å². The highest BCUT2D eigenvalue weighted by atomic mass is 16.5. The molecule has 0 bridgehead atoms. The Bertz CT molecular complexity index is 714. The van der Waals surface area contributed by atoms with Crippen molar-refractivity contribution in [2.45, 2.75) is 39.0 Å². The molecule has 0 radical (unpaired) electrons. The summed E-state index contributed by atoms with van der Waals surface area (Å²) in [5.41, 5.74) is 2.50. The number of hydrogen-bond donors (Lipinski definition) is 0. The van der Waals surface area contributed by atoms with Gasteiger partial charge in [-0.2, -0.15) is 0 Å². The molecule has 0 saturated carbocycles. The Labute approximate surface area is 155 Å². The number of ether oxygens (including phenoxy) is 2. The molecule has 0 aliphatic carbocycles. The molecule has 1 aliphatic heterocycles. The minimum atomic E-state index is -0.205. The molecule has 0 unspecified atom stereocenters. The van der Waals surface area contributed by atoms with E-state index in [2.05, 4.69) is 48.2 Å². The van der Waals surface area contributed by atoms with Crippen molar-refractivity contribution in [3.05, 3.63) is 65.7 Å². The number of hydrogen-bond acceptors (Lipinski definition) is 4. The summed E-state index contributed by atoms with van der Waals surface area (Å²) in [5.74, 6) is 0.959. The Morgan fingerprint density at radius 3 is 2.38 bits per heavy atom. The topological polar surface area (TPSA) is 38.8 Å². The first-order valence-electron chi connectivity index (χ1n) is 9.15. The molecule has 1 fully saturated rings. The largest absolute Gasteiger partial charge is 0.497 e. The summed E-state index contributed by atoms with van der Waals surface area (Å²) >= 11 is 0. The van der Waals surface area contributed by atoms with Crippen LogP contribution in [-0.2, 0) is 22.5 Å². The second-order valence-electron chi connectivity index (χ2n) is 7.09. The van der Waals surface area contributed by atoms with E-state index >= 15 is 0 Å². The van der Waals surface area contributed by atoms with Gasteiger partial charge in [-0.25, -0.2) is 0 Å². The molecule has 4 heteroatoms. The van der Waals surface area contributed by atoms with Crippen LogP contribution in [0.5, 0.6) is 5.75 Å². The van der Waals surface area contributed by atoms with Crippen molar-refractivity contribution in [1.82, 2.24) is 4.90 Å². The third-order valence-electron chi connectivity index (χ3n) is 5.07. The van der Waals surface area contributed by atoms with E-state index in [1.54, 1.807) is 7.11 Å². The van der Waals surface area contributed by atoms with Gasteiger partial charge in [-0.1, -0.05) is 49.4 Å². The summed E-state index contributed by atoms with van der Waals surface area (Å²) in [6.07, 6.45) is 0.761. The van der Waals surface area contributed by atoms with Crippen LogP contribution in [0.3, 0.4) is 0 Å². The normalized spacial score (nSPS) is 23.0. The van der Waals surface area contributed by atoms with Crippen molar-refractivity contribution in [3.8, 4) is 5.75 Å². The molecule has 0 amide bonds. The predicted molar refractivity (Wildman–Crippen MR) is 102 cm³/mol. The maximum atomic E-state index is 11.6. The molecule has 3 atom stereocenters. The molecule has 138 valence electrons. The van der Waals surface area contributed by atoms with Crippen LogP contribution in [0, 0.1) is 5.92 Å². The lowest BCUT2D eigenvalue weighted by Gasteiger charge is -2.28.